The summed E-state index contributed by atoms with van der Waals surface area (Å²) in [6, 6.07) is -0.280. The van der Waals surface area contributed by atoms with E-state index in [0.717, 1.165) is 31.7 Å². The first-order valence-electron chi connectivity index (χ1n) is 10.2. The number of aryl methyl sites for hydroxylation is 2. The lowest BCUT2D eigenvalue weighted by Gasteiger charge is -2.27. The minimum atomic E-state index is -4.03. The van der Waals surface area contributed by atoms with E-state index in [1.165, 1.54) is 4.57 Å². The van der Waals surface area contributed by atoms with Gasteiger partial charge in [0.15, 0.2) is 11.5 Å². The van der Waals surface area contributed by atoms with Gasteiger partial charge in [0.1, 0.15) is 11.6 Å². The predicted molar refractivity (Wildman–Crippen MR) is 111 cm³/mol. The Hall–Kier alpha value is -2.60. The van der Waals surface area contributed by atoms with Crippen LogP contribution < -0.4 is 10.3 Å². The number of hydrogen-bond donors (Lipinski definition) is 2. The van der Waals surface area contributed by atoms with Gasteiger partial charge in [-0.15, -0.1) is 0 Å². The van der Waals surface area contributed by atoms with Crippen molar-refractivity contribution in [3.63, 3.8) is 0 Å². The minimum absolute atomic E-state index is 0.0942. The SMILES string of the molecule is CCCCc1nc(O)c(NS(=O)(=O)CCc2ncc(F)cn2)c(=O)n1[C@H]1CCCOC1. The Labute approximate surface area is 179 Å². The zero-order valence-electron chi connectivity index (χ0n) is 17.3. The van der Waals surface area contributed by atoms with E-state index < -0.39 is 38.7 Å². The molecular formula is C19H26FN5O5S. The zero-order chi connectivity index (χ0) is 22.4. The van der Waals surface area contributed by atoms with E-state index in [4.69, 9.17) is 4.74 Å². The number of anilines is 1. The summed E-state index contributed by atoms with van der Waals surface area (Å²) in [6.45, 7) is 2.92. The normalized spacial score (nSPS) is 16.9. The number of unbranched alkanes of at least 4 members (excludes halogenated alkanes) is 1. The number of aromatic nitrogens is 4. The first-order valence-corrected chi connectivity index (χ1v) is 11.8. The van der Waals surface area contributed by atoms with Gasteiger partial charge in [0.25, 0.3) is 5.56 Å². The van der Waals surface area contributed by atoms with Crippen LogP contribution in [0.25, 0.3) is 0 Å². The third-order valence-electron chi connectivity index (χ3n) is 4.95. The Bertz CT molecular complexity index is 1050. The smallest absolute Gasteiger partial charge is 0.282 e. The fourth-order valence-electron chi connectivity index (χ4n) is 3.37. The Morgan fingerprint density at radius 3 is 2.71 bits per heavy atom. The van der Waals surface area contributed by atoms with Crippen molar-refractivity contribution in [1.29, 1.82) is 0 Å². The van der Waals surface area contributed by atoms with Crippen molar-refractivity contribution in [3.8, 4) is 5.88 Å². The monoisotopic (exact) mass is 455 g/mol. The summed E-state index contributed by atoms with van der Waals surface area (Å²) < 4.78 is 47.1. The average molecular weight is 456 g/mol. The summed E-state index contributed by atoms with van der Waals surface area (Å²) in [7, 11) is -4.03. The summed E-state index contributed by atoms with van der Waals surface area (Å²) in [5, 5.41) is 10.3. The molecule has 0 saturated carbocycles. The van der Waals surface area contributed by atoms with Crippen LogP contribution in [0, 0.1) is 5.82 Å². The number of halogens is 1. The van der Waals surface area contributed by atoms with Crippen molar-refractivity contribution in [2.24, 2.45) is 0 Å². The third kappa shape index (κ3) is 5.97. The van der Waals surface area contributed by atoms with Gasteiger partial charge in [-0.05, 0) is 19.3 Å². The molecule has 10 nitrogen and oxygen atoms in total. The number of aromatic hydroxyl groups is 1. The lowest BCUT2D eigenvalue weighted by atomic mass is 10.1. The maximum atomic E-state index is 13.2. The molecule has 1 aliphatic rings. The van der Waals surface area contributed by atoms with Gasteiger partial charge < -0.3 is 9.84 Å². The van der Waals surface area contributed by atoms with Crippen LogP contribution in [0.15, 0.2) is 17.2 Å². The molecule has 0 radical (unpaired) electrons. The zero-order valence-corrected chi connectivity index (χ0v) is 18.1. The fraction of sp³-hybridized carbons (Fsp3) is 0.579. The Kier molecular flexibility index (Phi) is 7.55. The quantitative estimate of drug-likeness (QED) is 0.581. The third-order valence-corrected chi connectivity index (χ3v) is 6.21. The van der Waals surface area contributed by atoms with E-state index in [9.17, 15) is 22.7 Å². The molecule has 170 valence electrons. The highest BCUT2D eigenvalue weighted by atomic mass is 32.2. The molecule has 31 heavy (non-hydrogen) atoms. The molecule has 1 fully saturated rings. The standard InChI is InChI=1S/C19H26FN5O5S/c1-2-3-6-16-23-18(26)17(19(27)25(16)14-5-4-8-30-12-14)24-31(28,29)9-7-15-21-10-13(20)11-22-15/h10-11,14,24,26H,2-9,12H2,1H3/t14-/m0/s1. The van der Waals surface area contributed by atoms with E-state index >= 15 is 0 Å². The summed E-state index contributed by atoms with van der Waals surface area (Å²) in [5.41, 5.74) is -1.15. The van der Waals surface area contributed by atoms with Crippen LogP contribution in [0.4, 0.5) is 10.1 Å². The van der Waals surface area contributed by atoms with Crippen molar-refractivity contribution in [2.45, 2.75) is 51.5 Å². The Morgan fingerprint density at radius 1 is 1.32 bits per heavy atom. The van der Waals surface area contributed by atoms with Crippen molar-refractivity contribution in [3.05, 3.63) is 40.2 Å². The molecule has 1 atom stereocenters. The number of rotatable bonds is 9. The van der Waals surface area contributed by atoms with E-state index in [1.807, 2.05) is 6.92 Å². The number of nitrogens with zero attached hydrogens (tertiary/aromatic N) is 4. The fourth-order valence-corrected chi connectivity index (χ4v) is 4.41. The predicted octanol–water partition coefficient (Wildman–Crippen LogP) is 1.56. The maximum absolute atomic E-state index is 13.2. The molecule has 0 unspecified atom stereocenters. The largest absolute Gasteiger partial charge is 0.492 e. The molecule has 2 N–H and O–H groups in total. The van der Waals surface area contributed by atoms with Crippen LogP contribution in [0.5, 0.6) is 5.88 Å². The molecule has 2 aromatic rings. The van der Waals surface area contributed by atoms with Crippen LogP contribution in [-0.2, 0) is 27.6 Å². The first kappa shape index (κ1) is 23.1. The van der Waals surface area contributed by atoms with Crippen LogP contribution in [-0.4, -0.2) is 52.0 Å². The molecule has 0 amide bonds. The molecule has 0 bridgehead atoms. The van der Waals surface area contributed by atoms with Gasteiger partial charge in [0, 0.05) is 19.4 Å². The number of sulfonamides is 1. The van der Waals surface area contributed by atoms with E-state index in [-0.39, 0.29) is 18.3 Å². The maximum Gasteiger partial charge on any atom is 0.282 e. The molecule has 2 aromatic heterocycles. The van der Waals surface area contributed by atoms with Crippen LogP contribution in [0.1, 0.15) is 50.3 Å². The highest BCUT2D eigenvalue weighted by molar-refractivity contribution is 7.92. The molecule has 12 heteroatoms. The molecular weight excluding hydrogens is 429 g/mol. The average Bonchev–Trinajstić information content (AvgIpc) is 2.75. The van der Waals surface area contributed by atoms with Crippen LogP contribution in [0.2, 0.25) is 0 Å². The van der Waals surface area contributed by atoms with Gasteiger partial charge in [-0.25, -0.2) is 22.8 Å². The second-order valence-corrected chi connectivity index (χ2v) is 9.21. The lowest BCUT2D eigenvalue weighted by molar-refractivity contribution is 0.0564. The van der Waals surface area contributed by atoms with Crippen molar-refractivity contribution in [2.75, 3.05) is 23.7 Å². The number of ether oxygens (including phenoxy) is 1. The van der Waals surface area contributed by atoms with Crippen LogP contribution in [0.3, 0.4) is 0 Å². The number of nitrogens with one attached hydrogen (secondary N) is 1. The molecule has 1 aliphatic heterocycles. The van der Waals surface area contributed by atoms with Crippen molar-refractivity contribution in [1.82, 2.24) is 19.5 Å². The van der Waals surface area contributed by atoms with Gasteiger partial charge in [-0.1, -0.05) is 13.3 Å². The van der Waals surface area contributed by atoms with Gasteiger partial charge in [0.2, 0.25) is 15.9 Å². The molecule has 3 rings (SSSR count). The molecule has 0 aromatic carbocycles. The highest BCUT2D eigenvalue weighted by Gasteiger charge is 2.26. The Morgan fingerprint density at radius 2 is 2.06 bits per heavy atom. The Balaban J connectivity index is 1.87. The second kappa shape index (κ2) is 10.1. The molecule has 1 saturated heterocycles. The van der Waals surface area contributed by atoms with E-state index in [1.54, 1.807) is 0 Å². The molecule has 0 spiro atoms. The van der Waals surface area contributed by atoms with Crippen molar-refractivity contribution < 1.29 is 22.7 Å². The topological polar surface area (TPSA) is 136 Å². The summed E-state index contributed by atoms with van der Waals surface area (Å²) in [4.78, 5) is 24.7. The van der Waals surface area contributed by atoms with E-state index in [2.05, 4.69) is 19.7 Å². The summed E-state index contributed by atoms with van der Waals surface area (Å²) >= 11 is 0. The van der Waals surface area contributed by atoms with Gasteiger partial charge in [-0.2, -0.15) is 4.98 Å². The highest BCUT2D eigenvalue weighted by Crippen LogP contribution is 2.24. The van der Waals surface area contributed by atoms with E-state index in [0.29, 0.717) is 31.9 Å². The molecule has 0 aliphatic carbocycles. The lowest BCUT2D eigenvalue weighted by Crippen LogP contribution is -2.36. The van der Waals surface area contributed by atoms with Gasteiger partial charge in [-0.3, -0.25) is 14.1 Å². The summed E-state index contributed by atoms with van der Waals surface area (Å²) in [6.07, 6.45) is 5.37. The number of hydrogen-bond acceptors (Lipinski definition) is 8. The van der Waals surface area contributed by atoms with Crippen LogP contribution >= 0.6 is 0 Å². The second-order valence-electron chi connectivity index (χ2n) is 7.36. The van der Waals surface area contributed by atoms with Crippen molar-refractivity contribution >= 4 is 15.7 Å². The van der Waals surface area contributed by atoms with Gasteiger partial charge >= 0.3 is 0 Å². The summed E-state index contributed by atoms with van der Waals surface area (Å²) in [5.74, 6) is -1.20. The molecule has 3 heterocycles. The van der Waals surface area contributed by atoms with Gasteiger partial charge in [0.05, 0.1) is 30.8 Å². The minimum Gasteiger partial charge on any atom is -0.492 e. The first-order chi connectivity index (χ1) is 14.8.